The molecule has 0 atom stereocenters. The van der Waals surface area contributed by atoms with Crippen LogP contribution in [-0.2, 0) is 11.0 Å². The van der Waals surface area contributed by atoms with E-state index in [2.05, 4.69) is 31.2 Å². The summed E-state index contributed by atoms with van der Waals surface area (Å²) in [6.45, 7) is 2.07. The van der Waals surface area contributed by atoms with E-state index in [0.29, 0.717) is 12.8 Å². The Morgan fingerprint density at radius 1 is 1.04 bits per heavy atom. The number of rotatable bonds is 12. The van der Waals surface area contributed by atoms with Gasteiger partial charge < -0.3 is 9.79 Å². The lowest BCUT2D eigenvalue weighted by Crippen LogP contribution is -1.96. The summed E-state index contributed by atoms with van der Waals surface area (Å²) in [6, 6.07) is 12.4. The summed E-state index contributed by atoms with van der Waals surface area (Å²) in [5, 5.41) is 0. The van der Waals surface area contributed by atoms with Gasteiger partial charge in [0.15, 0.2) is 5.78 Å². The van der Waals surface area contributed by atoms with E-state index in [1.54, 1.807) is 23.1 Å². The molecule has 0 aliphatic rings. The smallest absolute Gasteiger partial charge is 0.324 e. The molecule has 0 saturated carbocycles. The van der Waals surface area contributed by atoms with Crippen LogP contribution < -0.4 is 0 Å². The van der Waals surface area contributed by atoms with Crippen molar-refractivity contribution >= 4 is 36.5 Å². The number of benzene rings is 1. The van der Waals surface area contributed by atoms with Gasteiger partial charge in [-0.25, -0.2) is 0 Å². The fourth-order valence-corrected chi connectivity index (χ4v) is 5.14. The maximum absolute atomic E-state index is 12.3. The first-order chi connectivity index (χ1) is 12.8. The second kappa shape index (κ2) is 11.2. The number of aryl methyl sites for hydroxylation is 2. The van der Waals surface area contributed by atoms with Crippen LogP contribution in [0, 0.1) is 6.92 Å². The summed E-state index contributed by atoms with van der Waals surface area (Å²) in [7, 11) is -3.87. The minimum atomic E-state index is -3.87. The number of thioether (sulfide) groups is 1. The molecule has 0 radical (unpaired) electrons. The minimum absolute atomic E-state index is 0.0399. The number of carbonyl (C=O) groups is 1. The highest BCUT2D eigenvalue weighted by Gasteiger charge is 2.12. The predicted molar refractivity (Wildman–Crippen MR) is 114 cm³/mol. The lowest BCUT2D eigenvalue weighted by Gasteiger charge is -2.03. The Balaban J connectivity index is 1.63. The lowest BCUT2D eigenvalue weighted by molar-refractivity contribution is 0.0986. The largest absolute Gasteiger partial charge is 0.325 e. The van der Waals surface area contributed by atoms with Gasteiger partial charge in [-0.2, -0.15) is 0 Å². The molecule has 2 N–H and O–H groups in total. The first-order valence-corrected chi connectivity index (χ1v) is 12.8. The van der Waals surface area contributed by atoms with Crippen molar-refractivity contribution in [2.45, 2.75) is 50.3 Å². The third-order valence-electron chi connectivity index (χ3n) is 4.15. The Hall–Kier alpha value is -0.910. The minimum Gasteiger partial charge on any atom is -0.324 e. The molecule has 148 valence electrons. The Morgan fingerprint density at radius 3 is 2.48 bits per heavy atom. The Morgan fingerprint density at radius 2 is 1.78 bits per heavy atom. The molecule has 0 aliphatic heterocycles. The van der Waals surface area contributed by atoms with Crippen LogP contribution in [-0.4, -0.2) is 27.5 Å². The van der Waals surface area contributed by atoms with E-state index in [1.807, 2.05) is 12.1 Å². The van der Waals surface area contributed by atoms with Crippen LogP contribution in [0.25, 0.3) is 0 Å². The zero-order valence-corrected chi connectivity index (χ0v) is 18.1. The summed E-state index contributed by atoms with van der Waals surface area (Å²) in [5.41, 5.74) is 1.25. The van der Waals surface area contributed by atoms with Crippen molar-refractivity contribution in [3.63, 3.8) is 0 Å². The van der Waals surface area contributed by atoms with Gasteiger partial charge >= 0.3 is 7.60 Å². The molecule has 27 heavy (non-hydrogen) atoms. The number of thiophene rings is 1. The number of ketones is 1. The van der Waals surface area contributed by atoms with Crippen LogP contribution in [0.1, 0.15) is 52.2 Å². The van der Waals surface area contributed by atoms with Crippen molar-refractivity contribution in [3.8, 4) is 0 Å². The summed E-state index contributed by atoms with van der Waals surface area (Å²) in [6.07, 6.45) is 4.49. The fourth-order valence-electron chi connectivity index (χ4n) is 2.64. The van der Waals surface area contributed by atoms with Gasteiger partial charge in [-0.1, -0.05) is 24.1 Å². The highest BCUT2D eigenvalue weighted by atomic mass is 32.2. The summed E-state index contributed by atoms with van der Waals surface area (Å²) < 4.78 is 10.8. The van der Waals surface area contributed by atoms with Crippen molar-refractivity contribution < 1.29 is 19.1 Å². The van der Waals surface area contributed by atoms with Crippen LogP contribution >= 0.6 is 30.7 Å². The van der Waals surface area contributed by atoms with E-state index >= 15 is 0 Å². The molecule has 0 aliphatic carbocycles. The quantitative estimate of drug-likeness (QED) is 0.197. The fraction of sp³-hybridized carbons (Fsp3) is 0.450. The molecule has 2 rings (SSSR count). The predicted octanol–water partition coefficient (Wildman–Crippen LogP) is 5.70. The second-order valence-corrected chi connectivity index (χ2v) is 10.8. The molecular weight excluding hydrogens is 399 g/mol. The second-order valence-electron chi connectivity index (χ2n) is 6.65. The van der Waals surface area contributed by atoms with Gasteiger partial charge in [0.05, 0.1) is 4.88 Å². The van der Waals surface area contributed by atoms with E-state index in [0.717, 1.165) is 36.3 Å². The SMILES string of the molecule is Cc1ccc(SCCCC(=O)c2ccc(CCCCCP(=O)(O)O)s2)cc1. The molecule has 0 amide bonds. The molecule has 1 aromatic heterocycles. The number of carbonyl (C=O) groups excluding carboxylic acids is 1. The maximum Gasteiger partial charge on any atom is 0.325 e. The number of hydrogen-bond donors (Lipinski definition) is 2. The average molecular weight is 427 g/mol. The van der Waals surface area contributed by atoms with Crippen LogP contribution in [0.4, 0.5) is 0 Å². The van der Waals surface area contributed by atoms with Gasteiger partial charge in [0, 0.05) is 22.4 Å². The van der Waals surface area contributed by atoms with Crippen molar-refractivity contribution in [2.75, 3.05) is 11.9 Å². The molecule has 4 nitrogen and oxygen atoms in total. The molecule has 0 saturated heterocycles. The van der Waals surface area contributed by atoms with E-state index in [-0.39, 0.29) is 11.9 Å². The third kappa shape index (κ3) is 9.22. The first kappa shape index (κ1) is 22.4. The zero-order chi connectivity index (χ0) is 19.7. The highest BCUT2D eigenvalue weighted by Crippen LogP contribution is 2.35. The standard InChI is InChI=1S/C20H27O4PS2/c1-16-8-10-17(11-9-16)26-15-5-7-19(21)20-13-12-18(27-20)6-3-2-4-14-25(22,23)24/h8-13H,2-7,14-15H2,1H3,(H2,22,23,24). The van der Waals surface area contributed by atoms with Crippen molar-refractivity contribution in [3.05, 3.63) is 51.7 Å². The van der Waals surface area contributed by atoms with Gasteiger partial charge in [0.1, 0.15) is 0 Å². The summed E-state index contributed by atoms with van der Waals surface area (Å²) in [4.78, 5) is 33.2. The van der Waals surface area contributed by atoms with Crippen LogP contribution in [0.5, 0.6) is 0 Å². The van der Waals surface area contributed by atoms with Crippen LogP contribution in [0.15, 0.2) is 41.3 Å². The zero-order valence-electron chi connectivity index (χ0n) is 15.6. The number of hydrogen-bond acceptors (Lipinski definition) is 4. The Bertz CT molecular complexity index is 765. The normalized spacial score (nSPS) is 11.7. The number of Topliss-reactive ketones (excluding diaryl/α,β-unsaturated/α-hetero) is 1. The molecule has 1 aromatic carbocycles. The van der Waals surface area contributed by atoms with Gasteiger partial charge in [0.2, 0.25) is 0 Å². The molecule has 1 heterocycles. The molecular formula is C20H27O4PS2. The van der Waals surface area contributed by atoms with Crippen LogP contribution in [0.2, 0.25) is 0 Å². The Labute approximate surface area is 169 Å². The van der Waals surface area contributed by atoms with E-state index in [1.165, 1.54) is 15.3 Å². The summed E-state index contributed by atoms with van der Waals surface area (Å²) in [5.74, 6) is 1.14. The lowest BCUT2D eigenvalue weighted by atomic mass is 10.2. The topological polar surface area (TPSA) is 74.6 Å². The van der Waals surface area contributed by atoms with Gasteiger partial charge in [0.25, 0.3) is 0 Å². The van der Waals surface area contributed by atoms with E-state index in [4.69, 9.17) is 9.79 Å². The van der Waals surface area contributed by atoms with Gasteiger partial charge in [-0.3, -0.25) is 9.36 Å². The number of unbranched alkanes of at least 4 members (excludes halogenated alkanes) is 2. The third-order valence-corrected chi connectivity index (χ3v) is 7.33. The van der Waals surface area contributed by atoms with Gasteiger partial charge in [-0.05, 0) is 62.6 Å². The van der Waals surface area contributed by atoms with Crippen molar-refractivity contribution in [2.24, 2.45) is 0 Å². The highest BCUT2D eigenvalue weighted by molar-refractivity contribution is 7.99. The monoisotopic (exact) mass is 426 g/mol. The van der Waals surface area contributed by atoms with Crippen LogP contribution in [0.3, 0.4) is 0 Å². The Kier molecular flexibility index (Phi) is 9.27. The van der Waals surface area contributed by atoms with E-state index < -0.39 is 7.60 Å². The molecule has 0 fully saturated rings. The molecule has 0 bridgehead atoms. The van der Waals surface area contributed by atoms with Crippen molar-refractivity contribution in [1.29, 1.82) is 0 Å². The van der Waals surface area contributed by atoms with E-state index in [9.17, 15) is 9.36 Å². The summed E-state index contributed by atoms with van der Waals surface area (Å²) >= 11 is 3.34. The van der Waals surface area contributed by atoms with Crippen molar-refractivity contribution in [1.82, 2.24) is 0 Å². The van der Waals surface area contributed by atoms with Gasteiger partial charge in [-0.15, -0.1) is 23.1 Å². The maximum atomic E-state index is 12.3. The molecule has 0 unspecified atom stereocenters. The molecule has 2 aromatic rings. The average Bonchev–Trinajstić information content (AvgIpc) is 3.08. The molecule has 7 heteroatoms. The molecule has 0 spiro atoms. The first-order valence-electron chi connectivity index (χ1n) is 9.19.